The zero-order valence-corrected chi connectivity index (χ0v) is 35.0. The summed E-state index contributed by atoms with van der Waals surface area (Å²) in [5, 5.41) is -0.0259. The summed E-state index contributed by atoms with van der Waals surface area (Å²) in [5.74, 6) is -2.93. The number of Topliss-reactive ketones (excluding diaryl/α,β-unsaturated/α-hetero) is 1. The number of hydrogen-bond donors (Lipinski definition) is 1. The van der Waals surface area contributed by atoms with Gasteiger partial charge in [-0.05, 0) is 90.7 Å². The number of nitrogens with zero attached hydrogens (tertiary/aromatic N) is 5. The van der Waals surface area contributed by atoms with Gasteiger partial charge in [-0.25, -0.2) is 35.9 Å². The first kappa shape index (κ1) is 44.6. The Hall–Kier alpha value is -5.97. The third kappa shape index (κ3) is 11.1. The van der Waals surface area contributed by atoms with Gasteiger partial charge in [0.1, 0.15) is 24.1 Å². The number of ether oxygens (including phenoxy) is 1. The van der Waals surface area contributed by atoms with Crippen LogP contribution in [0.5, 0.6) is 0 Å². The van der Waals surface area contributed by atoms with Crippen LogP contribution in [0.25, 0.3) is 22.2 Å². The van der Waals surface area contributed by atoms with Crippen molar-refractivity contribution in [2.75, 3.05) is 49.0 Å². The number of nitrogens with one attached hydrogen (secondary N) is 1. The molecule has 1 N–H and O–H groups in total. The number of aryl methyl sites for hydroxylation is 1. The summed E-state index contributed by atoms with van der Waals surface area (Å²) in [5.41, 5.74) is 3.60. The van der Waals surface area contributed by atoms with Gasteiger partial charge >= 0.3 is 0 Å². The molecule has 0 aliphatic carbocycles. The molecule has 17 heteroatoms. The fraction of sp³-hybridized carbons (Fsp3) is 0.250. The molecule has 3 heterocycles. The molecule has 1 amide bonds. The van der Waals surface area contributed by atoms with Crippen molar-refractivity contribution < 1.29 is 40.3 Å². The summed E-state index contributed by atoms with van der Waals surface area (Å²) < 4.78 is 88.2. The van der Waals surface area contributed by atoms with E-state index in [1.165, 1.54) is 36.5 Å². The molecule has 7 rings (SSSR count). The average molecular weight is 877 g/mol. The molecular weight excluding hydrogens is 836 g/mol. The standard InChI is InChI=1S/C25H22ClFN6O3S.C19H19F3O2/c1-16(34)32-8-10-33(11-9-32)24-15-28-21-7-2-17(12-22(21)30-24)18-13-23(25(26)29-14-18)31-37(35,36)20-5-3-19(27)4-6-20;1-3-8-24-11-18(23)14-6-7-16(20)19(22)15(14)10-13-5-4-12(2)9-17(13)21/h2-7,12-15,31H,8-11H2,1H3;4-7,9H,3,8,10-11H2,1-2H3. The molecule has 61 heavy (non-hydrogen) atoms. The van der Waals surface area contributed by atoms with Crippen molar-refractivity contribution in [3.63, 3.8) is 0 Å². The maximum atomic E-state index is 14.2. The summed E-state index contributed by atoms with van der Waals surface area (Å²) in [6.07, 6.45) is 3.80. The van der Waals surface area contributed by atoms with Crippen LogP contribution in [0.15, 0.2) is 96.2 Å². The number of piperazine rings is 1. The minimum atomic E-state index is -4.01. The number of fused-ring (bicyclic) bond motifs is 1. The summed E-state index contributed by atoms with van der Waals surface area (Å²) in [4.78, 5) is 41.1. The number of halogens is 5. The molecule has 0 spiro atoms. The Morgan fingerprint density at radius 3 is 2.26 bits per heavy atom. The van der Waals surface area contributed by atoms with E-state index in [0.29, 0.717) is 49.4 Å². The number of rotatable bonds is 12. The SMILES string of the molecule is CC(=O)N1CCN(c2cnc3ccc(-c4cnc(Cl)c(NS(=O)(=O)c5ccc(F)cc5)c4)cc3n2)CC1.CCCOCC(=O)c1ccc(F)c(F)c1Cc1ccc(C)cc1F. The molecule has 318 valence electrons. The van der Waals surface area contributed by atoms with E-state index in [2.05, 4.69) is 19.6 Å². The Kier molecular flexibility index (Phi) is 14.3. The van der Waals surface area contributed by atoms with E-state index in [0.717, 1.165) is 41.6 Å². The summed E-state index contributed by atoms with van der Waals surface area (Å²) in [7, 11) is -4.01. The molecule has 1 fully saturated rings. The predicted octanol–water partition coefficient (Wildman–Crippen LogP) is 8.57. The van der Waals surface area contributed by atoms with Crippen LogP contribution in [0.2, 0.25) is 5.15 Å². The molecule has 4 aromatic carbocycles. The molecule has 0 unspecified atom stereocenters. The molecule has 0 saturated carbocycles. The number of sulfonamides is 1. The third-order valence-corrected chi connectivity index (χ3v) is 11.5. The average Bonchev–Trinajstić information content (AvgIpc) is 3.24. The first-order valence-electron chi connectivity index (χ1n) is 19.2. The minimum absolute atomic E-state index is 0.0185. The summed E-state index contributed by atoms with van der Waals surface area (Å²) >= 11 is 6.18. The number of carbonyl (C=O) groups excluding carboxylic acids is 2. The summed E-state index contributed by atoms with van der Waals surface area (Å²) in [6, 6.07) is 18.2. The highest BCUT2D eigenvalue weighted by Gasteiger charge is 2.22. The highest BCUT2D eigenvalue weighted by molar-refractivity contribution is 7.92. The van der Waals surface area contributed by atoms with Gasteiger partial charge < -0.3 is 14.5 Å². The van der Waals surface area contributed by atoms with Gasteiger partial charge in [0, 0.05) is 69.0 Å². The lowest BCUT2D eigenvalue weighted by Crippen LogP contribution is -2.48. The molecule has 6 aromatic rings. The fourth-order valence-electron chi connectivity index (χ4n) is 6.48. The second-order valence-electron chi connectivity index (χ2n) is 14.2. The van der Waals surface area contributed by atoms with E-state index < -0.39 is 39.1 Å². The Labute approximate surface area is 355 Å². The molecule has 1 aliphatic heterocycles. The van der Waals surface area contributed by atoms with Crippen molar-refractivity contribution in [1.29, 1.82) is 0 Å². The molecule has 0 bridgehead atoms. The van der Waals surface area contributed by atoms with Gasteiger partial charge in [-0.15, -0.1) is 0 Å². The predicted molar refractivity (Wildman–Crippen MR) is 225 cm³/mol. The molecular formula is C44H41ClF4N6O5S. The van der Waals surface area contributed by atoms with Gasteiger partial charge in [0.05, 0.1) is 27.8 Å². The number of carbonyl (C=O) groups is 2. The number of anilines is 2. The van der Waals surface area contributed by atoms with Crippen LogP contribution >= 0.6 is 11.6 Å². The topological polar surface area (TPSA) is 135 Å². The zero-order chi connectivity index (χ0) is 43.8. The second kappa shape index (κ2) is 19.6. The number of hydrogen-bond acceptors (Lipinski definition) is 9. The Morgan fingerprint density at radius 2 is 1.57 bits per heavy atom. The number of pyridine rings is 1. The van der Waals surface area contributed by atoms with Gasteiger partial charge in [-0.2, -0.15) is 0 Å². The molecule has 11 nitrogen and oxygen atoms in total. The first-order valence-corrected chi connectivity index (χ1v) is 21.0. The van der Waals surface area contributed by atoms with Crippen molar-refractivity contribution >= 4 is 55.9 Å². The third-order valence-electron chi connectivity index (χ3n) is 9.77. The lowest BCUT2D eigenvalue weighted by atomic mass is 9.95. The first-order chi connectivity index (χ1) is 29.1. The lowest BCUT2D eigenvalue weighted by molar-refractivity contribution is -0.129. The Bertz CT molecular complexity index is 2680. The van der Waals surface area contributed by atoms with Gasteiger partial charge in [0.2, 0.25) is 5.91 Å². The largest absolute Gasteiger partial charge is 0.373 e. The highest BCUT2D eigenvalue weighted by atomic mass is 35.5. The van der Waals surface area contributed by atoms with E-state index in [1.54, 1.807) is 37.1 Å². The van der Waals surface area contributed by atoms with Crippen molar-refractivity contribution in [1.82, 2.24) is 19.9 Å². The number of benzene rings is 4. The van der Waals surface area contributed by atoms with E-state index in [-0.39, 0.29) is 51.4 Å². The maximum Gasteiger partial charge on any atom is 0.261 e. The van der Waals surface area contributed by atoms with Gasteiger partial charge in [-0.3, -0.25) is 19.3 Å². The van der Waals surface area contributed by atoms with Crippen molar-refractivity contribution in [2.45, 2.75) is 38.5 Å². The highest BCUT2D eigenvalue weighted by Crippen LogP contribution is 2.31. The minimum Gasteiger partial charge on any atom is -0.373 e. The number of amides is 1. The molecule has 0 radical (unpaired) electrons. The van der Waals surface area contributed by atoms with Crippen molar-refractivity contribution in [3.05, 3.63) is 142 Å². The molecule has 2 aromatic heterocycles. The maximum absolute atomic E-state index is 14.2. The van der Waals surface area contributed by atoms with Crippen molar-refractivity contribution in [2.24, 2.45) is 0 Å². The van der Waals surface area contributed by atoms with Crippen LogP contribution in [0.4, 0.5) is 29.1 Å². The van der Waals surface area contributed by atoms with Crippen LogP contribution in [-0.2, 0) is 26.0 Å². The number of ketones is 1. The van der Waals surface area contributed by atoms with E-state index in [1.807, 2.05) is 25.1 Å². The Balaban J connectivity index is 0.000000225. The zero-order valence-electron chi connectivity index (χ0n) is 33.4. The van der Waals surface area contributed by atoms with E-state index in [9.17, 15) is 35.6 Å². The molecule has 1 saturated heterocycles. The Morgan fingerprint density at radius 1 is 0.836 bits per heavy atom. The van der Waals surface area contributed by atoms with Gasteiger partial charge in [-0.1, -0.05) is 36.7 Å². The fourth-order valence-corrected chi connectivity index (χ4v) is 7.74. The lowest BCUT2D eigenvalue weighted by Gasteiger charge is -2.34. The smallest absolute Gasteiger partial charge is 0.261 e. The number of aromatic nitrogens is 3. The van der Waals surface area contributed by atoms with Crippen LogP contribution < -0.4 is 9.62 Å². The van der Waals surface area contributed by atoms with Crippen LogP contribution in [0.3, 0.4) is 0 Å². The molecule has 0 atom stereocenters. The monoisotopic (exact) mass is 876 g/mol. The van der Waals surface area contributed by atoms with Crippen LogP contribution in [0, 0.1) is 30.2 Å². The molecule has 1 aliphatic rings. The van der Waals surface area contributed by atoms with Gasteiger partial charge in [0.15, 0.2) is 22.6 Å². The van der Waals surface area contributed by atoms with E-state index in [4.69, 9.17) is 21.3 Å². The second-order valence-corrected chi connectivity index (χ2v) is 16.2. The van der Waals surface area contributed by atoms with Gasteiger partial charge in [0.25, 0.3) is 10.0 Å². The summed E-state index contributed by atoms with van der Waals surface area (Å²) in [6.45, 7) is 7.96. The van der Waals surface area contributed by atoms with Crippen molar-refractivity contribution in [3.8, 4) is 11.1 Å². The van der Waals surface area contributed by atoms with Crippen LogP contribution in [-0.4, -0.2) is 79.4 Å². The quantitative estimate of drug-likeness (QED) is 0.0556. The van der Waals surface area contributed by atoms with Crippen LogP contribution in [0.1, 0.15) is 47.3 Å². The normalized spacial score (nSPS) is 12.9. The van der Waals surface area contributed by atoms with E-state index >= 15 is 0 Å².